The van der Waals surface area contributed by atoms with Crippen LogP contribution in [0.25, 0.3) is 0 Å². The Morgan fingerprint density at radius 3 is 2.73 bits per heavy atom. The van der Waals surface area contributed by atoms with Gasteiger partial charge in [0, 0.05) is 6.61 Å². The lowest BCUT2D eigenvalue weighted by Gasteiger charge is -2.10. The monoisotopic (exact) mass is 229 g/mol. The predicted molar refractivity (Wildman–Crippen MR) is 61.9 cm³/mol. The van der Waals surface area contributed by atoms with Crippen LogP contribution in [0.2, 0.25) is 0 Å². The van der Waals surface area contributed by atoms with Gasteiger partial charge < -0.3 is 10.1 Å². The van der Waals surface area contributed by atoms with Gasteiger partial charge in [-0.25, -0.2) is 0 Å². The van der Waals surface area contributed by atoms with Gasteiger partial charge in [-0.1, -0.05) is 25.2 Å². The van der Waals surface area contributed by atoms with Crippen molar-refractivity contribution in [2.45, 2.75) is 39.8 Å². The molecule has 0 aliphatic heterocycles. The molecule has 0 radical (unpaired) electrons. The van der Waals surface area contributed by atoms with Gasteiger partial charge in [-0.15, -0.1) is 10.2 Å². The van der Waals surface area contributed by atoms with E-state index in [1.165, 1.54) is 0 Å². The smallest absolute Gasteiger partial charge is 0.143 e. The highest BCUT2D eigenvalue weighted by Gasteiger charge is 2.13. The summed E-state index contributed by atoms with van der Waals surface area (Å²) in [6, 6.07) is 0.336. The molecule has 86 valence electrons. The first-order chi connectivity index (χ1) is 7.31. The zero-order valence-electron chi connectivity index (χ0n) is 9.62. The van der Waals surface area contributed by atoms with Gasteiger partial charge in [-0.05, 0) is 19.9 Å². The standard InChI is InChI=1S/C10H19N3OS/c1-4-8(11-5-2)10-13-12-9(15-10)7-14-6-3/h8,11H,4-7H2,1-3H3. The van der Waals surface area contributed by atoms with Gasteiger partial charge in [0.1, 0.15) is 16.6 Å². The van der Waals surface area contributed by atoms with E-state index in [2.05, 4.69) is 29.4 Å². The van der Waals surface area contributed by atoms with E-state index in [1.54, 1.807) is 11.3 Å². The summed E-state index contributed by atoms with van der Waals surface area (Å²) in [5, 5.41) is 13.7. The Labute approximate surface area is 95.1 Å². The third-order valence-corrected chi connectivity index (χ3v) is 3.08. The second kappa shape index (κ2) is 6.87. The zero-order valence-corrected chi connectivity index (χ0v) is 10.4. The Balaban J connectivity index is 2.56. The maximum atomic E-state index is 5.29. The summed E-state index contributed by atoms with van der Waals surface area (Å²) in [6.07, 6.45) is 1.04. The molecule has 0 fully saturated rings. The molecule has 5 heteroatoms. The largest absolute Gasteiger partial charge is 0.374 e. The number of rotatable bonds is 7. The van der Waals surface area contributed by atoms with Crippen LogP contribution in [0.15, 0.2) is 0 Å². The van der Waals surface area contributed by atoms with Crippen molar-refractivity contribution in [3.63, 3.8) is 0 Å². The Kier molecular flexibility index (Phi) is 5.75. The van der Waals surface area contributed by atoms with E-state index in [0.717, 1.165) is 29.6 Å². The summed E-state index contributed by atoms with van der Waals surface area (Å²) < 4.78 is 5.29. The number of ether oxygens (including phenoxy) is 1. The summed E-state index contributed by atoms with van der Waals surface area (Å²) in [5.41, 5.74) is 0. The fourth-order valence-corrected chi connectivity index (χ4v) is 2.25. The van der Waals surface area contributed by atoms with E-state index < -0.39 is 0 Å². The van der Waals surface area contributed by atoms with Crippen LogP contribution in [0.5, 0.6) is 0 Å². The van der Waals surface area contributed by atoms with Crippen molar-refractivity contribution in [2.75, 3.05) is 13.2 Å². The molecule has 0 aromatic carbocycles. The molecular formula is C10H19N3OS. The lowest BCUT2D eigenvalue weighted by molar-refractivity contribution is 0.133. The third kappa shape index (κ3) is 3.85. The topological polar surface area (TPSA) is 47.0 Å². The molecule has 1 atom stereocenters. The van der Waals surface area contributed by atoms with Crippen molar-refractivity contribution in [2.24, 2.45) is 0 Å². The van der Waals surface area contributed by atoms with Gasteiger partial charge in [0.15, 0.2) is 0 Å². The first kappa shape index (κ1) is 12.5. The summed E-state index contributed by atoms with van der Waals surface area (Å²) in [7, 11) is 0. The quantitative estimate of drug-likeness (QED) is 0.778. The highest BCUT2D eigenvalue weighted by atomic mass is 32.1. The van der Waals surface area contributed by atoms with Crippen LogP contribution >= 0.6 is 11.3 Å². The third-order valence-electron chi connectivity index (χ3n) is 2.07. The van der Waals surface area contributed by atoms with E-state index in [-0.39, 0.29) is 0 Å². The second-order valence-corrected chi connectivity index (χ2v) is 4.28. The van der Waals surface area contributed by atoms with Crippen molar-refractivity contribution < 1.29 is 4.74 Å². The van der Waals surface area contributed by atoms with Crippen LogP contribution in [0.1, 0.15) is 43.2 Å². The predicted octanol–water partition coefficient (Wildman–Crippen LogP) is 2.14. The molecule has 1 heterocycles. The second-order valence-electron chi connectivity index (χ2n) is 3.19. The SMILES string of the molecule is CCNC(CC)c1nnc(COCC)s1. The fourth-order valence-electron chi connectivity index (χ4n) is 1.31. The van der Waals surface area contributed by atoms with Gasteiger partial charge in [0.05, 0.1) is 6.04 Å². The zero-order chi connectivity index (χ0) is 11.1. The maximum absolute atomic E-state index is 5.29. The molecule has 0 saturated heterocycles. The number of hydrogen-bond acceptors (Lipinski definition) is 5. The molecule has 1 aromatic heterocycles. The van der Waals surface area contributed by atoms with Crippen molar-refractivity contribution in [3.05, 3.63) is 10.0 Å². The summed E-state index contributed by atoms with van der Waals surface area (Å²) in [4.78, 5) is 0. The molecule has 0 bridgehead atoms. The van der Waals surface area contributed by atoms with Gasteiger partial charge in [0.2, 0.25) is 0 Å². The number of aromatic nitrogens is 2. The van der Waals surface area contributed by atoms with Crippen LogP contribution in [0, 0.1) is 0 Å². The summed E-state index contributed by atoms with van der Waals surface area (Å²) in [6.45, 7) is 8.49. The first-order valence-corrected chi connectivity index (χ1v) is 6.26. The van der Waals surface area contributed by atoms with Crippen LogP contribution in [-0.4, -0.2) is 23.3 Å². The number of nitrogens with one attached hydrogen (secondary N) is 1. The molecule has 0 aliphatic rings. The number of nitrogens with zero attached hydrogens (tertiary/aromatic N) is 2. The molecular weight excluding hydrogens is 210 g/mol. The molecule has 0 aliphatic carbocycles. The lowest BCUT2D eigenvalue weighted by Crippen LogP contribution is -2.19. The van der Waals surface area contributed by atoms with Crippen molar-refractivity contribution >= 4 is 11.3 Å². The molecule has 1 aromatic rings. The molecule has 1 rings (SSSR count). The molecule has 15 heavy (non-hydrogen) atoms. The highest BCUT2D eigenvalue weighted by Crippen LogP contribution is 2.20. The van der Waals surface area contributed by atoms with Crippen LogP contribution < -0.4 is 5.32 Å². The summed E-state index contributed by atoms with van der Waals surface area (Å²) >= 11 is 1.64. The highest BCUT2D eigenvalue weighted by molar-refractivity contribution is 7.11. The van der Waals surface area contributed by atoms with Crippen LogP contribution in [0.3, 0.4) is 0 Å². The molecule has 0 spiro atoms. The first-order valence-electron chi connectivity index (χ1n) is 5.45. The minimum atomic E-state index is 0.336. The van der Waals surface area contributed by atoms with Gasteiger partial charge in [-0.2, -0.15) is 0 Å². The Bertz CT molecular complexity index is 277. The average molecular weight is 229 g/mol. The Morgan fingerprint density at radius 2 is 2.13 bits per heavy atom. The maximum Gasteiger partial charge on any atom is 0.143 e. The Hall–Kier alpha value is -0.520. The molecule has 1 unspecified atom stereocenters. The lowest BCUT2D eigenvalue weighted by atomic mass is 10.2. The molecule has 0 amide bonds. The van der Waals surface area contributed by atoms with E-state index in [0.29, 0.717) is 12.6 Å². The van der Waals surface area contributed by atoms with Crippen molar-refractivity contribution in [1.29, 1.82) is 0 Å². The van der Waals surface area contributed by atoms with E-state index >= 15 is 0 Å². The van der Waals surface area contributed by atoms with E-state index in [9.17, 15) is 0 Å². The normalized spacial score (nSPS) is 13.0. The van der Waals surface area contributed by atoms with Crippen molar-refractivity contribution in [3.8, 4) is 0 Å². The minimum Gasteiger partial charge on any atom is -0.374 e. The van der Waals surface area contributed by atoms with E-state index in [1.807, 2.05) is 6.92 Å². The van der Waals surface area contributed by atoms with Gasteiger partial charge in [-0.3, -0.25) is 0 Å². The average Bonchev–Trinajstić information content (AvgIpc) is 2.71. The van der Waals surface area contributed by atoms with Crippen molar-refractivity contribution in [1.82, 2.24) is 15.5 Å². The van der Waals surface area contributed by atoms with Crippen LogP contribution in [-0.2, 0) is 11.3 Å². The van der Waals surface area contributed by atoms with Gasteiger partial charge in [0.25, 0.3) is 0 Å². The fraction of sp³-hybridized carbons (Fsp3) is 0.800. The molecule has 0 saturated carbocycles. The van der Waals surface area contributed by atoms with Crippen LogP contribution in [0.4, 0.5) is 0 Å². The molecule has 4 nitrogen and oxygen atoms in total. The number of hydrogen-bond donors (Lipinski definition) is 1. The van der Waals surface area contributed by atoms with E-state index in [4.69, 9.17) is 4.74 Å². The summed E-state index contributed by atoms with van der Waals surface area (Å²) in [5.74, 6) is 0. The van der Waals surface area contributed by atoms with Gasteiger partial charge >= 0.3 is 0 Å². The molecule has 1 N–H and O–H groups in total. The minimum absolute atomic E-state index is 0.336. The Morgan fingerprint density at radius 1 is 1.33 bits per heavy atom.